The predicted octanol–water partition coefficient (Wildman–Crippen LogP) is -2.27. The van der Waals surface area contributed by atoms with E-state index in [0.717, 1.165) is 0 Å². The minimum Gasteiger partial charge on any atom is -0.480 e. The Balaban J connectivity index is 5.06. The predicted molar refractivity (Wildman–Crippen MR) is 116 cm³/mol. The molecule has 0 aromatic heterocycles. The second kappa shape index (κ2) is 15.3. The maximum Gasteiger partial charge on any atom is 0.326 e. The Morgan fingerprint density at radius 2 is 1.43 bits per heavy atom. The second-order valence-corrected chi connectivity index (χ2v) is 8.51. The molecule has 5 unspecified atom stereocenters. The van der Waals surface area contributed by atoms with Crippen LogP contribution >= 0.6 is 23.5 Å². The van der Waals surface area contributed by atoms with Gasteiger partial charge >= 0.3 is 5.97 Å². The summed E-state index contributed by atoms with van der Waals surface area (Å²) in [5, 5.41) is 35.3. The van der Waals surface area contributed by atoms with Crippen LogP contribution in [-0.2, 0) is 19.2 Å². The van der Waals surface area contributed by atoms with Crippen molar-refractivity contribution in [1.82, 2.24) is 16.0 Å². The van der Waals surface area contributed by atoms with Crippen molar-refractivity contribution in [2.75, 3.05) is 30.6 Å². The lowest BCUT2D eigenvalue weighted by Gasteiger charge is -2.25. The third-order valence-electron chi connectivity index (χ3n) is 4.07. The van der Waals surface area contributed by atoms with E-state index in [2.05, 4.69) is 16.0 Å². The summed E-state index contributed by atoms with van der Waals surface area (Å²) in [5.41, 5.74) is 5.75. The second-order valence-electron chi connectivity index (χ2n) is 6.54. The number of nitrogens with one attached hydrogen (secondary N) is 3. The van der Waals surface area contributed by atoms with Gasteiger partial charge in [0, 0.05) is 0 Å². The van der Waals surface area contributed by atoms with Crippen molar-refractivity contribution in [2.45, 2.75) is 50.0 Å². The summed E-state index contributed by atoms with van der Waals surface area (Å²) in [4.78, 5) is 48.2. The number of hydrogen-bond donors (Lipinski definition) is 7. The number of hydrogen-bond acceptors (Lipinski definition) is 9. The van der Waals surface area contributed by atoms with Crippen LogP contribution in [0.4, 0.5) is 0 Å². The van der Waals surface area contributed by atoms with E-state index in [9.17, 15) is 34.5 Å². The van der Waals surface area contributed by atoms with Gasteiger partial charge in [-0.25, -0.2) is 4.79 Å². The molecule has 13 heteroatoms. The molecule has 0 aliphatic carbocycles. The number of thioether (sulfide) groups is 2. The van der Waals surface area contributed by atoms with Crippen LogP contribution < -0.4 is 21.7 Å². The van der Waals surface area contributed by atoms with Gasteiger partial charge in [0.15, 0.2) is 0 Å². The molecule has 0 saturated heterocycles. The van der Waals surface area contributed by atoms with Gasteiger partial charge in [0.05, 0.1) is 18.8 Å². The zero-order valence-corrected chi connectivity index (χ0v) is 18.9. The van der Waals surface area contributed by atoms with Gasteiger partial charge in [-0.3, -0.25) is 14.4 Å². The van der Waals surface area contributed by atoms with Crippen LogP contribution in [0.3, 0.4) is 0 Å². The first-order valence-electron chi connectivity index (χ1n) is 9.25. The molecule has 3 amide bonds. The van der Waals surface area contributed by atoms with E-state index >= 15 is 0 Å². The third-order valence-corrected chi connectivity index (χ3v) is 5.36. The molecule has 30 heavy (non-hydrogen) atoms. The SMILES string of the molecule is CSCCC(N)C(=O)NC(C(=O)NC(CO)C(=O)NC(CCSC)C(=O)O)C(C)O. The molecule has 0 spiro atoms. The highest BCUT2D eigenvalue weighted by Gasteiger charge is 2.32. The molecule has 5 atom stereocenters. The molecular weight excluding hydrogens is 436 g/mol. The maximum absolute atomic E-state index is 12.5. The maximum atomic E-state index is 12.5. The van der Waals surface area contributed by atoms with Crippen molar-refractivity contribution in [3.8, 4) is 0 Å². The van der Waals surface area contributed by atoms with Crippen LogP contribution in [0, 0.1) is 0 Å². The summed E-state index contributed by atoms with van der Waals surface area (Å²) in [6.07, 6.45) is 2.86. The summed E-state index contributed by atoms with van der Waals surface area (Å²) in [6, 6.07) is -4.93. The molecule has 0 aromatic rings. The van der Waals surface area contributed by atoms with Crippen LogP contribution in [0.25, 0.3) is 0 Å². The highest BCUT2D eigenvalue weighted by molar-refractivity contribution is 7.98. The Morgan fingerprint density at radius 3 is 1.90 bits per heavy atom. The molecule has 8 N–H and O–H groups in total. The van der Waals surface area contributed by atoms with Crippen LogP contribution in [0.15, 0.2) is 0 Å². The van der Waals surface area contributed by atoms with Crippen LogP contribution in [0.1, 0.15) is 19.8 Å². The third kappa shape index (κ3) is 10.5. The van der Waals surface area contributed by atoms with Crippen molar-refractivity contribution in [3.05, 3.63) is 0 Å². The number of nitrogens with two attached hydrogens (primary N) is 1. The van der Waals surface area contributed by atoms with Crippen LogP contribution in [0.5, 0.6) is 0 Å². The van der Waals surface area contributed by atoms with Gasteiger partial charge in [-0.15, -0.1) is 0 Å². The Bertz CT molecular complexity index is 580. The number of aliphatic carboxylic acids is 1. The minimum absolute atomic E-state index is 0.161. The largest absolute Gasteiger partial charge is 0.480 e. The molecule has 0 heterocycles. The highest BCUT2D eigenvalue weighted by atomic mass is 32.2. The molecule has 0 saturated carbocycles. The van der Waals surface area contributed by atoms with Crippen LogP contribution in [-0.4, -0.2) is 99.9 Å². The lowest BCUT2D eigenvalue weighted by atomic mass is 10.1. The molecule has 0 radical (unpaired) electrons. The van der Waals surface area contributed by atoms with Gasteiger partial charge in [0.2, 0.25) is 17.7 Å². The van der Waals surface area contributed by atoms with E-state index < -0.39 is 60.6 Å². The number of carboxylic acid groups (broad SMARTS) is 1. The lowest BCUT2D eigenvalue weighted by molar-refractivity contribution is -0.142. The van der Waals surface area contributed by atoms with E-state index in [4.69, 9.17) is 5.73 Å². The van der Waals surface area contributed by atoms with Gasteiger partial charge in [-0.2, -0.15) is 23.5 Å². The normalized spacial score (nSPS) is 15.9. The fourth-order valence-electron chi connectivity index (χ4n) is 2.26. The van der Waals surface area contributed by atoms with E-state index in [-0.39, 0.29) is 6.42 Å². The Hall–Kier alpha value is -1.54. The van der Waals surface area contributed by atoms with Crippen molar-refractivity contribution < 1.29 is 34.5 Å². The molecule has 0 aliphatic rings. The van der Waals surface area contributed by atoms with Crippen molar-refractivity contribution in [2.24, 2.45) is 5.73 Å². The van der Waals surface area contributed by atoms with Gasteiger partial charge in [0.1, 0.15) is 18.1 Å². The molecule has 11 nitrogen and oxygen atoms in total. The Kier molecular flexibility index (Phi) is 14.5. The van der Waals surface area contributed by atoms with Gasteiger partial charge in [0.25, 0.3) is 0 Å². The Labute approximate surface area is 184 Å². The summed E-state index contributed by atoms with van der Waals surface area (Å²) < 4.78 is 0. The van der Waals surface area contributed by atoms with Crippen molar-refractivity contribution >= 4 is 47.2 Å². The van der Waals surface area contributed by atoms with Gasteiger partial charge < -0.3 is 37.0 Å². The smallest absolute Gasteiger partial charge is 0.326 e. The molecule has 0 bridgehead atoms. The summed E-state index contributed by atoms with van der Waals surface area (Å²) in [5.74, 6) is -2.58. The molecule has 0 fully saturated rings. The fourth-order valence-corrected chi connectivity index (χ4v) is 3.22. The number of aliphatic hydroxyl groups excluding tert-OH is 2. The zero-order valence-electron chi connectivity index (χ0n) is 17.3. The topological polar surface area (TPSA) is 191 Å². The molecule has 174 valence electrons. The number of carbonyl (C=O) groups excluding carboxylic acids is 3. The summed E-state index contributed by atoms with van der Waals surface area (Å²) in [6.45, 7) is 0.467. The number of carboxylic acids is 1. The highest BCUT2D eigenvalue weighted by Crippen LogP contribution is 2.03. The first kappa shape index (κ1) is 28.5. The van der Waals surface area contributed by atoms with Crippen molar-refractivity contribution in [1.29, 1.82) is 0 Å². The molecule has 0 aromatic carbocycles. The average Bonchev–Trinajstić information content (AvgIpc) is 2.70. The average molecular weight is 469 g/mol. The van der Waals surface area contributed by atoms with E-state index in [1.807, 2.05) is 6.26 Å². The number of amides is 3. The van der Waals surface area contributed by atoms with E-state index in [1.54, 1.807) is 6.26 Å². The minimum atomic E-state index is -1.46. The lowest BCUT2D eigenvalue weighted by Crippen LogP contribution is -2.60. The number of rotatable bonds is 15. The summed E-state index contributed by atoms with van der Waals surface area (Å²) in [7, 11) is 0. The molecular formula is C17H32N4O7S2. The number of carbonyl (C=O) groups is 4. The van der Waals surface area contributed by atoms with Crippen LogP contribution in [0.2, 0.25) is 0 Å². The fraction of sp³-hybridized carbons (Fsp3) is 0.765. The molecule has 0 rings (SSSR count). The molecule has 0 aliphatic heterocycles. The first-order valence-corrected chi connectivity index (χ1v) is 12.0. The number of aliphatic hydroxyl groups is 2. The standard InChI is InChI=1S/C17H32N4O7S2/c1-9(23)13(21-14(24)10(18)4-6-29-2)16(26)20-12(8-22)15(25)19-11(17(27)28)5-7-30-3/h9-13,22-23H,4-8,18H2,1-3H3,(H,19,25)(H,20,26)(H,21,24)(H,27,28). The first-order chi connectivity index (χ1) is 14.1. The van der Waals surface area contributed by atoms with E-state index in [0.29, 0.717) is 17.9 Å². The summed E-state index contributed by atoms with van der Waals surface area (Å²) >= 11 is 2.91. The van der Waals surface area contributed by atoms with Gasteiger partial charge in [-0.1, -0.05) is 0 Å². The zero-order chi connectivity index (χ0) is 23.3. The van der Waals surface area contributed by atoms with E-state index in [1.165, 1.54) is 30.4 Å². The van der Waals surface area contributed by atoms with Crippen molar-refractivity contribution in [3.63, 3.8) is 0 Å². The monoisotopic (exact) mass is 468 g/mol. The quantitative estimate of drug-likeness (QED) is 0.138. The Morgan fingerprint density at radius 1 is 0.900 bits per heavy atom. The van der Waals surface area contributed by atoms with Gasteiger partial charge in [-0.05, 0) is 43.8 Å².